The number of pyridine rings is 1. The Morgan fingerprint density at radius 1 is 1.65 bits per heavy atom. The van der Waals surface area contributed by atoms with Crippen LogP contribution in [0.1, 0.15) is 36.5 Å². The lowest BCUT2D eigenvalue weighted by Crippen LogP contribution is -2.40. The van der Waals surface area contributed by atoms with E-state index in [0.29, 0.717) is 6.54 Å². The Kier molecular flexibility index (Phi) is 5.42. The molecule has 0 saturated heterocycles. The number of hydrogen-bond donors (Lipinski definition) is 3. The van der Waals surface area contributed by atoms with Gasteiger partial charge < -0.3 is 16.2 Å². The second-order valence-corrected chi connectivity index (χ2v) is 3.94. The fourth-order valence-corrected chi connectivity index (χ4v) is 1.54. The number of nitrogens with zero attached hydrogens (tertiary/aromatic N) is 1. The number of unbranched alkanes of at least 4 members (excludes halogenated alkanes) is 1. The van der Waals surface area contributed by atoms with Crippen molar-refractivity contribution < 1.29 is 9.90 Å². The average molecular weight is 237 g/mol. The van der Waals surface area contributed by atoms with Gasteiger partial charge in [-0.05, 0) is 12.5 Å². The lowest BCUT2D eigenvalue weighted by atomic mass is 10.1. The van der Waals surface area contributed by atoms with E-state index in [1.54, 1.807) is 0 Å². The highest BCUT2D eigenvalue weighted by atomic mass is 16.3. The second kappa shape index (κ2) is 6.85. The zero-order chi connectivity index (χ0) is 12.7. The molecule has 1 atom stereocenters. The molecule has 1 aromatic rings. The third-order valence-electron chi connectivity index (χ3n) is 2.57. The van der Waals surface area contributed by atoms with Gasteiger partial charge in [-0.1, -0.05) is 19.8 Å². The SMILES string of the molecule is CCCCC(CN)NC(=O)c1ccncc1O. The fourth-order valence-electron chi connectivity index (χ4n) is 1.54. The third kappa shape index (κ3) is 4.03. The number of amides is 1. The maximum absolute atomic E-state index is 11.8. The molecule has 5 heteroatoms. The van der Waals surface area contributed by atoms with Crippen LogP contribution in [0.2, 0.25) is 0 Å². The molecule has 5 nitrogen and oxygen atoms in total. The van der Waals surface area contributed by atoms with Gasteiger partial charge in [0.15, 0.2) is 0 Å². The number of nitrogens with two attached hydrogens (primary N) is 1. The van der Waals surface area contributed by atoms with Crippen LogP contribution in [0.4, 0.5) is 0 Å². The van der Waals surface area contributed by atoms with Crippen molar-refractivity contribution >= 4 is 5.91 Å². The van der Waals surface area contributed by atoms with Gasteiger partial charge in [-0.25, -0.2) is 0 Å². The molecule has 1 heterocycles. The first kappa shape index (κ1) is 13.4. The second-order valence-electron chi connectivity index (χ2n) is 3.94. The number of aromatic nitrogens is 1. The molecule has 17 heavy (non-hydrogen) atoms. The monoisotopic (exact) mass is 237 g/mol. The standard InChI is InChI=1S/C12H19N3O2/c1-2-3-4-9(7-13)15-12(17)10-5-6-14-8-11(10)16/h5-6,8-9,16H,2-4,7,13H2,1H3,(H,15,17). The number of nitrogens with one attached hydrogen (secondary N) is 1. The van der Waals surface area contributed by atoms with Gasteiger partial charge in [-0.2, -0.15) is 0 Å². The highest BCUT2D eigenvalue weighted by molar-refractivity contribution is 5.96. The van der Waals surface area contributed by atoms with Crippen LogP contribution in [0.15, 0.2) is 18.5 Å². The van der Waals surface area contributed by atoms with E-state index in [0.717, 1.165) is 19.3 Å². The van der Waals surface area contributed by atoms with Crippen LogP contribution in [-0.4, -0.2) is 28.6 Å². The number of carbonyl (C=O) groups is 1. The van der Waals surface area contributed by atoms with Gasteiger partial charge in [0.2, 0.25) is 0 Å². The first-order valence-electron chi connectivity index (χ1n) is 5.83. The molecule has 0 radical (unpaired) electrons. The van der Waals surface area contributed by atoms with Gasteiger partial charge in [0.25, 0.3) is 5.91 Å². The van der Waals surface area contributed by atoms with Crippen molar-refractivity contribution in [3.63, 3.8) is 0 Å². The summed E-state index contributed by atoms with van der Waals surface area (Å²) < 4.78 is 0. The summed E-state index contributed by atoms with van der Waals surface area (Å²) in [5.41, 5.74) is 5.82. The molecule has 0 bridgehead atoms. The molecule has 1 amide bonds. The van der Waals surface area contributed by atoms with Gasteiger partial charge in [-0.3, -0.25) is 9.78 Å². The topological polar surface area (TPSA) is 88.2 Å². The molecule has 0 fully saturated rings. The lowest BCUT2D eigenvalue weighted by molar-refractivity contribution is 0.0933. The number of hydrogen-bond acceptors (Lipinski definition) is 4. The Morgan fingerprint density at radius 3 is 3.00 bits per heavy atom. The Morgan fingerprint density at radius 2 is 2.41 bits per heavy atom. The Labute approximate surface area is 101 Å². The molecule has 1 rings (SSSR count). The van der Waals surface area contributed by atoms with Crippen molar-refractivity contribution in [2.45, 2.75) is 32.2 Å². The predicted molar refractivity (Wildman–Crippen MR) is 65.7 cm³/mol. The Bertz CT molecular complexity index is 369. The van der Waals surface area contributed by atoms with Crippen LogP contribution in [0.25, 0.3) is 0 Å². The Balaban J connectivity index is 2.61. The average Bonchev–Trinajstić information content (AvgIpc) is 2.34. The summed E-state index contributed by atoms with van der Waals surface area (Å²) in [5.74, 6) is -0.423. The van der Waals surface area contributed by atoms with Crippen molar-refractivity contribution in [3.05, 3.63) is 24.0 Å². The molecule has 0 aliphatic carbocycles. The van der Waals surface area contributed by atoms with E-state index in [2.05, 4.69) is 17.2 Å². The van der Waals surface area contributed by atoms with Crippen molar-refractivity contribution in [1.29, 1.82) is 0 Å². The summed E-state index contributed by atoms with van der Waals surface area (Å²) in [4.78, 5) is 15.6. The molecule has 1 aromatic heterocycles. The summed E-state index contributed by atoms with van der Waals surface area (Å²) in [7, 11) is 0. The number of rotatable bonds is 6. The number of aromatic hydroxyl groups is 1. The van der Waals surface area contributed by atoms with Crippen LogP contribution in [0.5, 0.6) is 5.75 Å². The maximum Gasteiger partial charge on any atom is 0.255 e. The summed E-state index contributed by atoms with van der Waals surface area (Å²) in [5, 5.41) is 12.3. The van der Waals surface area contributed by atoms with Crippen LogP contribution in [-0.2, 0) is 0 Å². The molecular formula is C12H19N3O2. The molecule has 0 spiro atoms. The van der Waals surface area contributed by atoms with E-state index < -0.39 is 0 Å². The van der Waals surface area contributed by atoms with Gasteiger partial charge in [-0.15, -0.1) is 0 Å². The minimum atomic E-state index is -0.309. The van der Waals surface area contributed by atoms with Gasteiger partial charge in [0.05, 0.1) is 11.8 Å². The van der Waals surface area contributed by atoms with E-state index in [4.69, 9.17) is 5.73 Å². The Hall–Kier alpha value is -1.62. The van der Waals surface area contributed by atoms with Crippen LogP contribution in [0, 0.1) is 0 Å². The summed E-state index contributed by atoms with van der Waals surface area (Å²) in [6, 6.07) is 1.44. The predicted octanol–water partition coefficient (Wildman–Crippen LogP) is 1.03. The van der Waals surface area contributed by atoms with Gasteiger partial charge in [0.1, 0.15) is 5.75 Å². The highest BCUT2D eigenvalue weighted by Crippen LogP contribution is 2.14. The normalized spacial score (nSPS) is 12.1. The number of carbonyl (C=O) groups excluding carboxylic acids is 1. The fraction of sp³-hybridized carbons (Fsp3) is 0.500. The van der Waals surface area contributed by atoms with Crippen molar-refractivity contribution in [3.8, 4) is 5.75 Å². The third-order valence-corrected chi connectivity index (χ3v) is 2.57. The summed E-state index contributed by atoms with van der Waals surface area (Å²) >= 11 is 0. The molecule has 0 aliphatic rings. The summed E-state index contributed by atoms with van der Waals surface area (Å²) in [6.07, 6.45) is 5.65. The van der Waals surface area contributed by atoms with Crippen LogP contribution >= 0.6 is 0 Å². The van der Waals surface area contributed by atoms with Gasteiger partial charge in [0, 0.05) is 18.8 Å². The van der Waals surface area contributed by atoms with E-state index in [-0.39, 0.29) is 23.3 Å². The van der Waals surface area contributed by atoms with Crippen LogP contribution in [0.3, 0.4) is 0 Å². The van der Waals surface area contributed by atoms with Gasteiger partial charge >= 0.3 is 0 Å². The van der Waals surface area contributed by atoms with E-state index in [1.807, 2.05) is 0 Å². The minimum absolute atomic E-state index is 0.0463. The molecule has 4 N–H and O–H groups in total. The van der Waals surface area contributed by atoms with E-state index in [9.17, 15) is 9.90 Å². The first-order chi connectivity index (χ1) is 8.19. The van der Waals surface area contributed by atoms with Crippen molar-refractivity contribution in [2.75, 3.05) is 6.54 Å². The lowest BCUT2D eigenvalue weighted by Gasteiger charge is -2.16. The van der Waals surface area contributed by atoms with E-state index in [1.165, 1.54) is 18.5 Å². The molecule has 0 saturated carbocycles. The molecule has 0 aromatic carbocycles. The zero-order valence-corrected chi connectivity index (χ0v) is 10.0. The quantitative estimate of drug-likeness (QED) is 0.689. The summed E-state index contributed by atoms with van der Waals surface area (Å²) in [6.45, 7) is 2.49. The van der Waals surface area contributed by atoms with Crippen molar-refractivity contribution in [2.24, 2.45) is 5.73 Å². The molecule has 0 aliphatic heterocycles. The smallest absolute Gasteiger partial charge is 0.255 e. The largest absolute Gasteiger partial charge is 0.505 e. The van der Waals surface area contributed by atoms with Crippen LogP contribution < -0.4 is 11.1 Å². The first-order valence-corrected chi connectivity index (χ1v) is 5.83. The zero-order valence-electron chi connectivity index (χ0n) is 10.0. The van der Waals surface area contributed by atoms with Crippen molar-refractivity contribution in [1.82, 2.24) is 10.3 Å². The minimum Gasteiger partial charge on any atom is -0.505 e. The highest BCUT2D eigenvalue weighted by Gasteiger charge is 2.14. The molecule has 1 unspecified atom stereocenters. The maximum atomic E-state index is 11.8. The molecular weight excluding hydrogens is 218 g/mol. The van der Waals surface area contributed by atoms with E-state index >= 15 is 0 Å². The molecule has 94 valence electrons.